The topological polar surface area (TPSA) is 40.6 Å². The Morgan fingerprint density at radius 1 is 1.05 bits per heavy atom. The van der Waals surface area contributed by atoms with E-state index in [1.165, 1.54) is 11.8 Å². The van der Waals surface area contributed by atoms with Gasteiger partial charge >= 0.3 is 0 Å². The normalized spacial score (nSPS) is 25.5. The van der Waals surface area contributed by atoms with Crippen molar-refractivity contribution >= 4 is 17.5 Å². The van der Waals surface area contributed by atoms with E-state index in [9.17, 15) is 22.8 Å². The third-order valence-electron chi connectivity index (χ3n) is 4.05. The molecule has 1 aromatic carbocycles. The van der Waals surface area contributed by atoms with Crippen LogP contribution in [0.4, 0.5) is 18.9 Å². The van der Waals surface area contributed by atoms with Crippen LogP contribution in [0.15, 0.2) is 12.1 Å². The molecule has 3 rings (SSSR count). The predicted molar refractivity (Wildman–Crippen MR) is 68.0 cm³/mol. The molecule has 2 saturated heterocycles. The van der Waals surface area contributed by atoms with Gasteiger partial charge in [-0.05, 0) is 19.8 Å². The fourth-order valence-corrected chi connectivity index (χ4v) is 3.01. The van der Waals surface area contributed by atoms with E-state index in [1.54, 1.807) is 0 Å². The average Bonchev–Trinajstić information content (AvgIpc) is 2.92. The molecule has 7 heteroatoms. The quantitative estimate of drug-likeness (QED) is 0.742. The third kappa shape index (κ3) is 1.99. The van der Waals surface area contributed by atoms with E-state index in [0.717, 1.165) is 4.90 Å². The van der Waals surface area contributed by atoms with Crippen LogP contribution < -0.4 is 4.90 Å². The molecule has 2 amide bonds. The smallest absolute Gasteiger partial charge is 0.250 e. The fourth-order valence-electron chi connectivity index (χ4n) is 3.01. The first-order chi connectivity index (χ1) is 9.91. The molecule has 0 radical (unpaired) electrons. The van der Waals surface area contributed by atoms with Crippen LogP contribution in [0.25, 0.3) is 0 Å². The number of piperazine rings is 1. The summed E-state index contributed by atoms with van der Waals surface area (Å²) in [6.45, 7) is 1.95. The summed E-state index contributed by atoms with van der Waals surface area (Å²) in [5, 5.41) is 0. The zero-order chi connectivity index (χ0) is 15.3. The average molecular weight is 298 g/mol. The minimum atomic E-state index is -1.33. The lowest BCUT2D eigenvalue weighted by atomic mass is 10.0. The zero-order valence-corrected chi connectivity index (χ0v) is 11.3. The summed E-state index contributed by atoms with van der Waals surface area (Å²) in [6.07, 6.45) is 1.20. The van der Waals surface area contributed by atoms with Gasteiger partial charge in [-0.1, -0.05) is 0 Å². The maximum Gasteiger partial charge on any atom is 0.250 e. The second kappa shape index (κ2) is 4.75. The van der Waals surface area contributed by atoms with Crippen LogP contribution in [0.2, 0.25) is 0 Å². The molecular formula is C14H13F3N2O2. The van der Waals surface area contributed by atoms with Gasteiger partial charge in [-0.3, -0.25) is 14.5 Å². The summed E-state index contributed by atoms with van der Waals surface area (Å²) in [7, 11) is 0. The lowest BCUT2D eigenvalue weighted by Crippen LogP contribution is -2.62. The van der Waals surface area contributed by atoms with Gasteiger partial charge in [0.05, 0.1) is 5.69 Å². The summed E-state index contributed by atoms with van der Waals surface area (Å²) < 4.78 is 40.3. The number of carbonyl (C=O) groups is 2. The number of benzene rings is 1. The first-order valence-corrected chi connectivity index (χ1v) is 6.70. The van der Waals surface area contributed by atoms with Crippen LogP contribution in [0.1, 0.15) is 19.8 Å². The van der Waals surface area contributed by atoms with Gasteiger partial charge < -0.3 is 4.90 Å². The monoisotopic (exact) mass is 298 g/mol. The molecule has 2 fully saturated rings. The van der Waals surface area contributed by atoms with Gasteiger partial charge in [0.2, 0.25) is 5.91 Å². The molecule has 2 aliphatic rings. The molecular weight excluding hydrogens is 285 g/mol. The van der Waals surface area contributed by atoms with E-state index in [2.05, 4.69) is 0 Å². The Kier molecular flexibility index (Phi) is 3.15. The van der Waals surface area contributed by atoms with E-state index in [0.29, 0.717) is 31.5 Å². The Balaban J connectivity index is 2.06. The molecule has 4 nitrogen and oxygen atoms in total. The summed E-state index contributed by atoms with van der Waals surface area (Å²) in [6, 6.07) is -0.569. The summed E-state index contributed by atoms with van der Waals surface area (Å²) in [5.74, 6) is -4.41. The number of amides is 2. The van der Waals surface area contributed by atoms with Crippen molar-refractivity contribution in [3.63, 3.8) is 0 Å². The SMILES string of the molecule is CC1C(=O)N2CCCC2C(=O)N1c1cc(F)c(F)cc1F. The Morgan fingerprint density at radius 3 is 2.43 bits per heavy atom. The number of hydrogen-bond acceptors (Lipinski definition) is 2. The van der Waals surface area contributed by atoms with Gasteiger partial charge in [0.15, 0.2) is 11.6 Å². The van der Waals surface area contributed by atoms with Crippen molar-refractivity contribution in [3.8, 4) is 0 Å². The summed E-state index contributed by atoms with van der Waals surface area (Å²) in [4.78, 5) is 27.1. The lowest BCUT2D eigenvalue weighted by Gasteiger charge is -2.40. The van der Waals surface area contributed by atoms with Crippen molar-refractivity contribution in [3.05, 3.63) is 29.6 Å². The molecule has 0 N–H and O–H groups in total. The van der Waals surface area contributed by atoms with Crippen molar-refractivity contribution in [2.24, 2.45) is 0 Å². The van der Waals surface area contributed by atoms with Crippen molar-refractivity contribution < 1.29 is 22.8 Å². The summed E-state index contributed by atoms with van der Waals surface area (Å²) >= 11 is 0. The predicted octanol–water partition coefficient (Wildman–Crippen LogP) is 1.83. The van der Waals surface area contributed by atoms with Crippen molar-refractivity contribution in [2.75, 3.05) is 11.4 Å². The largest absolute Gasteiger partial charge is 0.329 e. The third-order valence-corrected chi connectivity index (χ3v) is 4.05. The van der Waals surface area contributed by atoms with E-state index in [4.69, 9.17) is 0 Å². The Hall–Kier alpha value is -2.05. The van der Waals surface area contributed by atoms with Gasteiger partial charge in [-0.2, -0.15) is 0 Å². The molecule has 1 aromatic rings. The fraction of sp³-hybridized carbons (Fsp3) is 0.429. The van der Waals surface area contributed by atoms with Crippen LogP contribution in [0.3, 0.4) is 0 Å². The highest BCUT2D eigenvalue weighted by molar-refractivity contribution is 6.08. The standard InChI is InChI=1S/C14H13F3N2O2/c1-7-13(20)18-4-2-3-11(18)14(21)19(7)12-6-9(16)8(15)5-10(12)17/h5-7,11H,2-4H2,1H3. The number of hydrogen-bond donors (Lipinski definition) is 0. The van der Waals surface area contributed by atoms with Crippen LogP contribution in [-0.4, -0.2) is 35.3 Å². The Labute approximate surface area is 119 Å². The van der Waals surface area contributed by atoms with Crippen molar-refractivity contribution in [1.29, 1.82) is 0 Å². The molecule has 21 heavy (non-hydrogen) atoms. The van der Waals surface area contributed by atoms with E-state index in [-0.39, 0.29) is 5.91 Å². The minimum absolute atomic E-state index is 0.304. The highest BCUT2D eigenvalue weighted by atomic mass is 19.2. The molecule has 112 valence electrons. The molecule has 2 unspecified atom stereocenters. The molecule has 0 saturated carbocycles. The first-order valence-electron chi connectivity index (χ1n) is 6.70. The van der Waals surface area contributed by atoms with Gasteiger partial charge in [-0.15, -0.1) is 0 Å². The maximum atomic E-state index is 13.9. The number of halogens is 3. The number of anilines is 1. The molecule has 2 aliphatic heterocycles. The molecule has 0 spiro atoms. The van der Waals surface area contributed by atoms with Crippen LogP contribution in [-0.2, 0) is 9.59 Å². The Bertz CT molecular complexity index is 635. The van der Waals surface area contributed by atoms with Crippen LogP contribution in [0, 0.1) is 17.5 Å². The van der Waals surface area contributed by atoms with E-state index < -0.39 is 41.1 Å². The number of fused-ring (bicyclic) bond motifs is 1. The van der Waals surface area contributed by atoms with Crippen LogP contribution in [0.5, 0.6) is 0 Å². The van der Waals surface area contributed by atoms with Crippen molar-refractivity contribution in [2.45, 2.75) is 31.8 Å². The summed E-state index contributed by atoms with van der Waals surface area (Å²) in [5.41, 5.74) is -0.397. The van der Waals surface area contributed by atoms with Gasteiger partial charge in [-0.25, -0.2) is 13.2 Å². The lowest BCUT2D eigenvalue weighted by molar-refractivity contribution is -0.143. The minimum Gasteiger partial charge on any atom is -0.329 e. The molecule has 2 atom stereocenters. The zero-order valence-electron chi connectivity index (χ0n) is 11.3. The molecule has 2 heterocycles. The second-order valence-electron chi connectivity index (χ2n) is 5.29. The first kappa shape index (κ1) is 13.9. The molecule has 0 aliphatic carbocycles. The molecule has 0 aromatic heterocycles. The number of nitrogens with zero attached hydrogens (tertiary/aromatic N) is 2. The second-order valence-corrected chi connectivity index (χ2v) is 5.29. The number of carbonyl (C=O) groups excluding carboxylic acids is 2. The van der Waals surface area contributed by atoms with Gasteiger partial charge in [0, 0.05) is 18.7 Å². The van der Waals surface area contributed by atoms with Crippen LogP contribution >= 0.6 is 0 Å². The highest BCUT2D eigenvalue weighted by Crippen LogP contribution is 2.32. The maximum absolute atomic E-state index is 13.9. The highest BCUT2D eigenvalue weighted by Gasteiger charge is 2.47. The van der Waals surface area contributed by atoms with Gasteiger partial charge in [0.25, 0.3) is 5.91 Å². The Morgan fingerprint density at radius 2 is 1.71 bits per heavy atom. The van der Waals surface area contributed by atoms with E-state index in [1.807, 2.05) is 0 Å². The van der Waals surface area contributed by atoms with E-state index >= 15 is 0 Å². The van der Waals surface area contributed by atoms with Crippen molar-refractivity contribution in [1.82, 2.24) is 4.90 Å². The molecule has 0 bridgehead atoms. The number of rotatable bonds is 1. The van der Waals surface area contributed by atoms with Gasteiger partial charge in [0.1, 0.15) is 17.9 Å².